The van der Waals surface area contributed by atoms with Gasteiger partial charge in [0.25, 0.3) is 0 Å². The summed E-state index contributed by atoms with van der Waals surface area (Å²) in [6, 6.07) is 3.44. The zero-order valence-electron chi connectivity index (χ0n) is 6.72. The van der Waals surface area contributed by atoms with Gasteiger partial charge < -0.3 is 5.43 Å². The predicted molar refractivity (Wildman–Crippen MR) is 44.5 cm³/mol. The van der Waals surface area contributed by atoms with E-state index in [0.29, 0.717) is 12.1 Å². The summed E-state index contributed by atoms with van der Waals surface area (Å²) in [4.78, 5) is 0. The minimum Gasteiger partial charge on any atom is -0.309 e. The number of hydrazone groups is 1. The van der Waals surface area contributed by atoms with Gasteiger partial charge in [0.05, 0.1) is 6.21 Å². The molecule has 1 aliphatic heterocycles. The number of nitrogens with zero attached hydrogens (tertiary/aromatic N) is 1. The maximum Gasteiger partial charge on any atom is 0.126 e. The number of hydrogen-bond donors (Lipinski definition) is 1. The largest absolute Gasteiger partial charge is 0.309 e. The number of rotatable bonds is 1. The fourth-order valence-corrected chi connectivity index (χ4v) is 1.27. The Morgan fingerprint density at radius 3 is 2.54 bits per heavy atom. The molecule has 0 aromatic heterocycles. The summed E-state index contributed by atoms with van der Waals surface area (Å²) in [7, 11) is 0. The molecule has 1 radical (unpaired) electrons. The van der Waals surface area contributed by atoms with E-state index >= 15 is 0 Å². The predicted octanol–water partition coefficient (Wildman–Crippen LogP) is 1.51. The van der Waals surface area contributed by atoms with Gasteiger partial charge in [-0.2, -0.15) is 5.10 Å². The highest BCUT2D eigenvalue weighted by atomic mass is 19.1. The molecule has 1 aromatic carbocycles. The van der Waals surface area contributed by atoms with E-state index in [9.17, 15) is 8.78 Å². The maximum absolute atomic E-state index is 12.8. The van der Waals surface area contributed by atoms with Crippen LogP contribution in [0.2, 0.25) is 0 Å². The van der Waals surface area contributed by atoms with Gasteiger partial charge in [-0.05, 0) is 17.7 Å². The van der Waals surface area contributed by atoms with Gasteiger partial charge in [-0.1, -0.05) is 0 Å². The first-order chi connectivity index (χ1) is 6.25. The van der Waals surface area contributed by atoms with Crippen LogP contribution in [0.15, 0.2) is 23.3 Å². The molecular formula is C9H7F2N2. The second kappa shape index (κ2) is 3.12. The third-order valence-electron chi connectivity index (χ3n) is 1.88. The molecule has 0 spiro atoms. The molecule has 13 heavy (non-hydrogen) atoms. The smallest absolute Gasteiger partial charge is 0.126 e. The quantitative estimate of drug-likeness (QED) is 0.697. The first-order valence-corrected chi connectivity index (χ1v) is 3.90. The van der Waals surface area contributed by atoms with Crippen LogP contribution in [0.25, 0.3) is 0 Å². The molecular weight excluding hydrogens is 174 g/mol. The van der Waals surface area contributed by atoms with Crippen LogP contribution >= 0.6 is 0 Å². The first kappa shape index (κ1) is 8.16. The molecule has 1 aromatic rings. The van der Waals surface area contributed by atoms with Crippen molar-refractivity contribution < 1.29 is 8.78 Å². The lowest BCUT2D eigenvalue weighted by molar-refractivity contribution is 0.578. The Morgan fingerprint density at radius 1 is 1.31 bits per heavy atom. The SMILES string of the molecule is Fc1cc(F)cc(C2[C]=NNC2)c1. The monoisotopic (exact) mass is 181 g/mol. The van der Waals surface area contributed by atoms with Crippen LogP contribution in [0, 0.1) is 11.6 Å². The fraction of sp³-hybridized carbons (Fsp3) is 0.222. The number of hydrogen-bond acceptors (Lipinski definition) is 2. The molecule has 0 fully saturated rings. The Bertz CT molecular complexity index is 329. The molecule has 1 heterocycles. The Labute approximate surface area is 74.3 Å². The molecule has 1 aliphatic rings. The van der Waals surface area contributed by atoms with Crippen molar-refractivity contribution in [1.29, 1.82) is 0 Å². The summed E-state index contributed by atoms with van der Waals surface area (Å²) in [6.07, 6.45) is 2.71. The van der Waals surface area contributed by atoms with Gasteiger partial charge in [0.15, 0.2) is 0 Å². The normalized spacial score (nSPS) is 20.3. The fourth-order valence-electron chi connectivity index (χ4n) is 1.27. The van der Waals surface area contributed by atoms with Crippen LogP contribution in [0.5, 0.6) is 0 Å². The van der Waals surface area contributed by atoms with Crippen LogP contribution in [0.4, 0.5) is 8.78 Å². The third kappa shape index (κ3) is 1.66. The highest BCUT2D eigenvalue weighted by Crippen LogP contribution is 2.18. The van der Waals surface area contributed by atoms with Gasteiger partial charge in [-0.25, -0.2) is 8.78 Å². The van der Waals surface area contributed by atoms with E-state index < -0.39 is 11.6 Å². The Kier molecular flexibility index (Phi) is 1.96. The van der Waals surface area contributed by atoms with Crippen molar-refractivity contribution in [2.75, 3.05) is 6.54 Å². The minimum absolute atomic E-state index is 0.148. The summed E-state index contributed by atoms with van der Waals surface area (Å²) in [6.45, 7) is 0.545. The van der Waals surface area contributed by atoms with Gasteiger partial charge >= 0.3 is 0 Å². The van der Waals surface area contributed by atoms with Crippen molar-refractivity contribution in [3.05, 3.63) is 35.4 Å². The van der Waals surface area contributed by atoms with Crippen molar-refractivity contribution in [3.8, 4) is 0 Å². The molecule has 2 rings (SSSR count). The summed E-state index contributed by atoms with van der Waals surface area (Å²) < 4.78 is 25.5. The van der Waals surface area contributed by atoms with Crippen LogP contribution in [-0.4, -0.2) is 12.8 Å². The Balaban J connectivity index is 2.34. The van der Waals surface area contributed by atoms with E-state index in [1.54, 1.807) is 0 Å². The molecule has 1 unspecified atom stereocenters. The van der Waals surface area contributed by atoms with Gasteiger partial charge in [-0.15, -0.1) is 0 Å². The van der Waals surface area contributed by atoms with Crippen molar-refractivity contribution >= 4 is 6.21 Å². The van der Waals surface area contributed by atoms with E-state index in [4.69, 9.17) is 0 Å². The van der Waals surface area contributed by atoms with Gasteiger partial charge in [0.2, 0.25) is 0 Å². The highest BCUT2D eigenvalue weighted by Gasteiger charge is 2.15. The average molecular weight is 181 g/mol. The molecule has 0 aliphatic carbocycles. The van der Waals surface area contributed by atoms with E-state index in [1.165, 1.54) is 12.1 Å². The van der Waals surface area contributed by atoms with Crippen molar-refractivity contribution in [3.63, 3.8) is 0 Å². The molecule has 0 bridgehead atoms. The Morgan fingerprint density at radius 2 is 2.00 bits per heavy atom. The summed E-state index contributed by atoms with van der Waals surface area (Å²) in [5.41, 5.74) is 3.24. The third-order valence-corrected chi connectivity index (χ3v) is 1.88. The van der Waals surface area contributed by atoms with Gasteiger partial charge in [0, 0.05) is 18.5 Å². The molecule has 67 valence electrons. The lowest BCUT2D eigenvalue weighted by Gasteiger charge is -2.05. The van der Waals surface area contributed by atoms with Crippen molar-refractivity contribution in [2.45, 2.75) is 5.92 Å². The molecule has 0 amide bonds. The van der Waals surface area contributed by atoms with E-state index in [-0.39, 0.29) is 5.92 Å². The van der Waals surface area contributed by atoms with Crippen LogP contribution < -0.4 is 5.43 Å². The molecule has 4 heteroatoms. The molecule has 0 saturated heterocycles. The first-order valence-electron chi connectivity index (χ1n) is 3.90. The number of nitrogens with one attached hydrogen (secondary N) is 1. The summed E-state index contributed by atoms with van der Waals surface area (Å²) >= 11 is 0. The van der Waals surface area contributed by atoms with Crippen LogP contribution in [0.3, 0.4) is 0 Å². The van der Waals surface area contributed by atoms with E-state index in [2.05, 4.69) is 16.7 Å². The summed E-state index contributed by atoms with van der Waals surface area (Å²) in [5, 5.41) is 3.66. The summed E-state index contributed by atoms with van der Waals surface area (Å²) in [5.74, 6) is -1.28. The van der Waals surface area contributed by atoms with E-state index in [0.717, 1.165) is 6.07 Å². The minimum atomic E-state index is -0.566. The standard InChI is InChI=1S/C9H7F2N2/c10-8-1-6(2-9(11)3-8)7-4-12-13-5-7/h1-3,7,12H,4H2. The van der Waals surface area contributed by atoms with Crippen molar-refractivity contribution in [1.82, 2.24) is 5.43 Å². The van der Waals surface area contributed by atoms with Gasteiger partial charge in [-0.3, -0.25) is 0 Å². The number of benzene rings is 1. The maximum atomic E-state index is 12.8. The second-order valence-corrected chi connectivity index (χ2v) is 2.86. The lowest BCUT2D eigenvalue weighted by Crippen LogP contribution is -2.08. The molecule has 1 atom stereocenters. The van der Waals surface area contributed by atoms with Gasteiger partial charge in [0.1, 0.15) is 11.6 Å². The average Bonchev–Trinajstić information content (AvgIpc) is 2.53. The van der Waals surface area contributed by atoms with Crippen LogP contribution in [-0.2, 0) is 0 Å². The van der Waals surface area contributed by atoms with Crippen molar-refractivity contribution in [2.24, 2.45) is 5.10 Å². The zero-order chi connectivity index (χ0) is 9.26. The van der Waals surface area contributed by atoms with Crippen LogP contribution in [0.1, 0.15) is 11.5 Å². The molecule has 2 nitrogen and oxygen atoms in total. The second-order valence-electron chi connectivity index (χ2n) is 2.86. The highest BCUT2D eigenvalue weighted by molar-refractivity contribution is 5.69. The molecule has 1 N–H and O–H groups in total. The molecule has 0 saturated carbocycles. The number of halogens is 2. The lowest BCUT2D eigenvalue weighted by atomic mass is 10.0. The van der Waals surface area contributed by atoms with E-state index in [1.807, 2.05) is 0 Å². The Hall–Kier alpha value is -1.45. The topological polar surface area (TPSA) is 24.4 Å². The zero-order valence-corrected chi connectivity index (χ0v) is 6.72.